The van der Waals surface area contributed by atoms with Gasteiger partial charge in [-0.1, -0.05) is 24.3 Å². The minimum Gasteiger partial charge on any atom is -0.338 e. The molecule has 2 unspecified atom stereocenters. The maximum absolute atomic E-state index is 13.1. The maximum Gasteiger partial charge on any atom is 0.173 e. The zero-order valence-electron chi connectivity index (χ0n) is 14.1. The van der Waals surface area contributed by atoms with Crippen molar-refractivity contribution in [3.8, 4) is 17.5 Å². The second-order valence-corrected chi connectivity index (χ2v) is 6.71. The van der Waals surface area contributed by atoms with Crippen LogP contribution in [0.15, 0.2) is 60.7 Å². The van der Waals surface area contributed by atoms with Crippen molar-refractivity contribution < 1.29 is 9.59 Å². The average molecular weight is 351 g/mol. The Morgan fingerprint density at radius 3 is 2.33 bits per heavy atom. The molecule has 3 aromatic rings. The van der Waals surface area contributed by atoms with E-state index in [1.807, 2.05) is 12.2 Å². The molecule has 2 atom stereocenters. The van der Waals surface area contributed by atoms with Crippen molar-refractivity contribution >= 4 is 22.6 Å². The van der Waals surface area contributed by atoms with Crippen LogP contribution in [0.25, 0.3) is 22.4 Å². The molecule has 27 heavy (non-hydrogen) atoms. The highest BCUT2D eigenvalue weighted by Gasteiger charge is 2.40. The number of fused-ring (bicyclic) bond motifs is 4. The van der Waals surface area contributed by atoms with Crippen LogP contribution in [-0.4, -0.2) is 21.5 Å². The summed E-state index contributed by atoms with van der Waals surface area (Å²) in [6.07, 6.45) is 7.21. The van der Waals surface area contributed by atoms with E-state index in [9.17, 15) is 9.59 Å². The van der Waals surface area contributed by atoms with Crippen molar-refractivity contribution in [1.29, 1.82) is 5.26 Å². The van der Waals surface area contributed by atoms with Gasteiger partial charge in [0.15, 0.2) is 11.6 Å². The third-order valence-electron chi connectivity index (χ3n) is 5.19. The van der Waals surface area contributed by atoms with E-state index in [1.165, 1.54) is 0 Å². The zero-order valence-corrected chi connectivity index (χ0v) is 14.1. The quantitative estimate of drug-likeness (QED) is 0.722. The fourth-order valence-electron chi connectivity index (χ4n) is 3.82. The summed E-state index contributed by atoms with van der Waals surface area (Å²) < 4.78 is 0. The van der Waals surface area contributed by atoms with Gasteiger partial charge < -0.3 is 4.98 Å². The van der Waals surface area contributed by atoms with E-state index in [0.717, 1.165) is 5.56 Å². The monoisotopic (exact) mass is 351 g/mol. The summed E-state index contributed by atoms with van der Waals surface area (Å²) in [5.74, 6) is -0.400. The number of H-pyrrole nitrogens is 1. The lowest BCUT2D eigenvalue weighted by atomic mass is 9.72. The van der Waals surface area contributed by atoms with Gasteiger partial charge in [-0.05, 0) is 36.4 Å². The Labute approximate surface area is 154 Å². The summed E-state index contributed by atoms with van der Waals surface area (Å²) in [5.41, 5.74) is 3.44. The Bertz CT molecular complexity index is 1220. The lowest BCUT2D eigenvalue weighted by Gasteiger charge is -2.28. The molecule has 2 aliphatic rings. The molecule has 0 saturated carbocycles. The number of benzene rings is 2. The number of rotatable bonds is 1. The Kier molecular flexibility index (Phi) is 3.22. The van der Waals surface area contributed by atoms with E-state index in [2.05, 4.69) is 16.0 Å². The molecule has 0 amide bonds. The number of carbonyl (C=O) groups excluding carboxylic acids is 2. The fourth-order valence-corrected chi connectivity index (χ4v) is 3.82. The molecule has 0 fully saturated rings. The SMILES string of the molecule is N#Cc1ccc(-c2nc3c4c(ccc3[nH]2)C(=O)C2C=CC=CC2C4=O)cc1. The molecule has 1 N–H and O–H groups in total. The molecule has 128 valence electrons. The summed E-state index contributed by atoms with van der Waals surface area (Å²) in [6, 6.07) is 12.6. The second-order valence-electron chi connectivity index (χ2n) is 6.71. The van der Waals surface area contributed by atoms with Crippen LogP contribution >= 0.6 is 0 Å². The normalized spacial score (nSPS) is 20.4. The molecule has 2 aliphatic carbocycles. The smallest absolute Gasteiger partial charge is 0.173 e. The number of carbonyl (C=O) groups is 2. The summed E-state index contributed by atoms with van der Waals surface area (Å²) in [7, 11) is 0. The predicted octanol–water partition coefficient (Wildman–Crippen LogP) is 3.84. The van der Waals surface area contributed by atoms with Crippen molar-refractivity contribution in [1.82, 2.24) is 9.97 Å². The van der Waals surface area contributed by atoms with Gasteiger partial charge in [-0.2, -0.15) is 5.26 Å². The number of hydrogen-bond acceptors (Lipinski definition) is 4. The van der Waals surface area contributed by atoms with Crippen molar-refractivity contribution in [2.45, 2.75) is 0 Å². The largest absolute Gasteiger partial charge is 0.338 e. The predicted molar refractivity (Wildman–Crippen MR) is 100 cm³/mol. The highest BCUT2D eigenvalue weighted by Crippen LogP contribution is 2.37. The summed E-state index contributed by atoms with van der Waals surface area (Å²) >= 11 is 0. The summed E-state index contributed by atoms with van der Waals surface area (Å²) in [5, 5.41) is 8.94. The number of Topliss-reactive ketones (excluding diaryl/α,β-unsaturated/α-hetero) is 2. The van der Waals surface area contributed by atoms with Crippen LogP contribution in [0.3, 0.4) is 0 Å². The molecule has 1 heterocycles. The topological polar surface area (TPSA) is 86.6 Å². The van der Waals surface area contributed by atoms with Crippen LogP contribution in [-0.2, 0) is 0 Å². The Hall–Kier alpha value is -3.78. The molecule has 0 saturated heterocycles. The first-order chi connectivity index (χ1) is 13.2. The van der Waals surface area contributed by atoms with Crippen LogP contribution in [0.1, 0.15) is 26.3 Å². The highest BCUT2D eigenvalue weighted by molar-refractivity contribution is 6.22. The molecule has 5 rings (SSSR count). The van der Waals surface area contributed by atoms with Crippen LogP contribution in [0, 0.1) is 23.2 Å². The molecular weight excluding hydrogens is 338 g/mol. The summed E-state index contributed by atoms with van der Waals surface area (Å²) in [4.78, 5) is 33.8. The van der Waals surface area contributed by atoms with Crippen molar-refractivity contribution in [2.24, 2.45) is 11.8 Å². The molecule has 5 heteroatoms. The van der Waals surface area contributed by atoms with Crippen molar-refractivity contribution in [2.75, 3.05) is 0 Å². The third-order valence-corrected chi connectivity index (χ3v) is 5.19. The van der Waals surface area contributed by atoms with E-state index in [0.29, 0.717) is 33.5 Å². The first kappa shape index (κ1) is 15.5. The van der Waals surface area contributed by atoms with Gasteiger partial charge in [0.05, 0.1) is 34.5 Å². The van der Waals surface area contributed by atoms with Crippen LogP contribution in [0.4, 0.5) is 0 Å². The van der Waals surface area contributed by atoms with Gasteiger partial charge in [-0.25, -0.2) is 4.98 Å². The lowest BCUT2D eigenvalue weighted by molar-refractivity contribution is 0.0803. The Morgan fingerprint density at radius 2 is 1.63 bits per heavy atom. The number of hydrogen-bond donors (Lipinski definition) is 1. The van der Waals surface area contributed by atoms with E-state index >= 15 is 0 Å². The highest BCUT2D eigenvalue weighted by atomic mass is 16.1. The third kappa shape index (κ3) is 2.20. The second kappa shape index (κ2) is 5.61. The van der Waals surface area contributed by atoms with Crippen molar-refractivity contribution in [3.63, 3.8) is 0 Å². The number of imidazole rings is 1. The van der Waals surface area contributed by atoms with Crippen molar-refractivity contribution in [3.05, 3.63) is 77.4 Å². The maximum atomic E-state index is 13.1. The molecule has 0 radical (unpaired) electrons. The first-order valence-electron chi connectivity index (χ1n) is 8.64. The number of ketones is 2. The van der Waals surface area contributed by atoms with Crippen LogP contribution in [0.5, 0.6) is 0 Å². The van der Waals surface area contributed by atoms with E-state index in [-0.39, 0.29) is 11.6 Å². The molecular formula is C22H13N3O2. The van der Waals surface area contributed by atoms with E-state index in [1.54, 1.807) is 48.6 Å². The van der Waals surface area contributed by atoms with E-state index in [4.69, 9.17) is 5.26 Å². The number of nitrogens with one attached hydrogen (secondary N) is 1. The van der Waals surface area contributed by atoms with Crippen LogP contribution in [0.2, 0.25) is 0 Å². The molecule has 2 aromatic carbocycles. The first-order valence-corrected chi connectivity index (χ1v) is 8.64. The minimum absolute atomic E-state index is 0.0416. The average Bonchev–Trinajstić information content (AvgIpc) is 3.16. The zero-order chi connectivity index (χ0) is 18.5. The minimum atomic E-state index is -0.462. The summed E-state index contributed by atoms with van der Waals surface area (Å²) in [6.45, 7) is 0. The van der Waals surface area contributed by atoms with Gasteiger partial charge in [0.2, 0.25) is 0 Å². The number of aromatic nitrogens is 2. The molecule has 0 bridgehead atoms. The fraction of sp³-hybridized carbons (Fsp3) is 0.0909. The Balaban J connectivity index is 1.69. The number of allylic oxidation sites excluding steroid dienone is 4. The molecule has 0 aliphatic heterocycles. The molecule has 0 spiro atoms. The lowest BCUT2D eigenvalue weighted by Crippen LogP contribution is -2.35. The number of aromatic amines is 1. The van der Waals surface area contributed by atoms with Crippen LogP contribution < -0.4 is 0 Å². The number of nitrogens with zero attached hydrogens (tertiary/aromatic N) is 2. The number of nitriles is 1. The Morgan fingerprint density at radius 1 is 0.926 bits per heavy atom. The van der Waals surface area contributed by atoms with Gasteiger partial charge in [0.1, 0.15) is 11.3 Å². The van der Waals surface area contributed by atoms with Gasteiger partial charge in [0, 0.05) is 11.1 Å². The van der Waals surface area contributed by atoms with E-state index < -0.39 is 11.8 Å². The van der Waals surface area contributed by atoms with Gasteiger partial charge in [-0.3, -0.25) is 9.59 Å². The molecule has 5 nitrogen and oxygen atoms in total. The standard InChI is InChI=1S/C22H13N3O2/c23-11-12-5-7-13(8-6-12)22-24-17-10-9-16-18(19(17)25-22)21(27)15-4-2-1-3-14(15)20(16)26/h1-10,14-15H,(H,24,25). The van der Waals surface area contributed by atoms with Gasteiger partial charge >= 0.3 is 0 Å². The molecule has 1 aromatic heterocycles. The van der Waals surface area contributed by atoms with Gasteiger partial charge in [-0.15, -0.1) is 0 Å². The van der Waals surface area contributed by atoms with Gasteiger partial charge in [0.25, 0.3) is 0 Å².